The van der Waals surface area contributed by atoms with Crippen LogP contribution in [-0.4, -0.2) is 42.5 Å². The Hall–Kier alpha value is -1.94. The van der Waals surface area contributed by atoms with Gasteiger partial charge in [0.25, 0.3) is 5.91 Å². The standard InChI is InChI=1S/C20H21N3O3S3/c1-22-17-11-8-15(27-3)12-18(17)28-20(22)21-19(24)13-4-9-16(10-5-13)29(25,26)23(2)14-6-7-14/h4-5,8-12,14H,6-7H2,1-3H3. The van der Waals surface area contributed by atoms with E-state index in [9.17, 15) is 13.2 Å². The van der Waals surface area contributed by atoms with Crippen LogP contribution in [-0.2, 0) is 17.1 Å². The highest BCUT2D eigenvalue weighted by molar-refractivity contribution is 7.98. The summed E-state index contributed by atoms with van der Waals surface area (Å²) in [5, 5.41) is 0. The maximum atomic E-state index is 12.6. The number of carbonyl (C=O) groups excluding carboxylic acids is 1. The number of aryl methyl sites for hydroxylation is 1. The second-order valence-corrected chi connectivity index (χ2v) is 10.9. The van der Waals surface area contributed by atoms with Gasteiger partial charge >= 0.3 is 0 Å². The lowest BCUT2D eigenvalue weighted by Crippen LogP contribution is -2.28. The fraction of sp³-hybridized carbons (Fsp3) is 0.300. The summed E-state index contributed by atoms with van der Waals surface area (Å²) in [6.07, 6.45) is 3.82. The number of amides is 1. The van der Waals surface area contributed by atoms with Crippen LogP contribution in [0.1, 0.15) is 23.2 Å². The molecule has 1 heterocycles. The summed E-state index contributed by atoms with van der Waals surface area (Å²) >= 11 is 3.13. The minimum atomic E-state index is -3.52. The molecule has 3 aromatic rings. The average Bonchev–Trinajstić information content (AvgIpc) is 3.53. The van der Waals surface area contributed by atoms with Crippen LogP contribution in [0.25, 0.3) is 10.2 Å². The number of benzene rings is 2. The van der Waals surface area contributed by atoms with Gasteiger partial charge in [-0.3, -0.25) is 4.79 Å². The zero-order chi connectivity index (χ0) is 20.8. The van der Waals surface area contributed by atoms with Crippen LogP contribution in [0.2, 0.25) is 0 Å². The van der Waals surface area contributed by atoms with E-state index >= 15 is 0 Å². The number of thiazole rings is 1. The van der Waals surface area contributed by atoms with Crippen LogP contribution in [0.3, 0.4) is 0 Å². The van der Waals surface area contributed by atoms with E-state index in [0.717, 1.165) is 28.0 Å². The van der Waals surface area contributed by atoms with Crippen LogP contribution in [0.4, 0.5) is 0 Å². The molecule has 29 heavy (non-hydrogen) atoms. The van der Waals surface area contributed by atoms with Gasteiger partial charge in [-0.25, -0.2) is 8.42 Å². The number of fused-ring (bicyclic) bond motifs is 1. The van der Waals surface area contributed by atoms with Crippen LogP contribution in [0, 0.1) is 0 Å². The maximum absolute atomic E-state index is 12.6. The first kappa shape index (κ1) is 20.3. The molecule has 1 aromatic heterocycles. The summed E-state index contributed by atoms with van der Waals surface area (Å²) in [5.41, 5.74) is 1.38. The maximum Gasteiger partial charge on any atom is 0.279 e. The van der Waals surface area contributed by atoms with Gasteiger partial charge in [0, 0.05) is 30.6 Å². The van der Waals surface area contributed by atoms with Gasteiger partial charge < -0.3 is 4.57 Å². The van der Waals surface area contributed by atoms with Crippen molar-refractivity contribution < 1.29 is 13.2 Å². The number of hydrogen-bond donors (Lipinski definition) is 0. The molecule has 6 nitrogen and oxygen atoms in total. The van der Waals surface area contributed by atoms with E-state index in [2.05, 4.69) is 11.1 Å². The Labute approximate surface area is 177 Å². The zero-order valence-electron chi connectivity index (χ0n) is 16.3. The highest BCUT2D eigenvalue weighted by Crippen LogP contribution is 2.30. The van der Waals surface area contributed by atoms with E-state index in [-0.39, 0.29) is 10.9 Å². The Morgan fingerprint density at radius 1 is 1.21 bits per heavy atom. The third-order valence-corrected chi connectivity index (χ3v) is 8.80. The lowest BCUT2D eigenvalue weighted by Gasteiger charge is -2.16. The van der Waals surface area contributed by atoms with E-state index in [1.807, 2.05) is 30.0 Å². The summed E-state index contributed by atoms with van der Waals surface area (Å²) in [7, 11) is -0.0359. The van der Waals surface area contributed by atoms with Crippen LogP contribution >= 0.6 is 23.1 Å². The molecule has 0 N–H and O–H groups in total. The Kier molecular flexibility index (Phi) is 5.41. The van der Waals surface area contributed by atoms with Crippen molar-refractivity contribution in [1.82, 2.24) is 8.87 Å². The van der Waals surface area contributed by atoms with Crippen molar-refractivity contribution in [2.45, 2.75) is 28.7 Å². The van der Waals surface area contributed by atoms with Crippen LogP contribution in [0.5, 0.6) is 0 Å². The van der Waals surface area contributed by atoms with E-state index in [4.69, 9.17) is 0 Å². The lowest BCUT2D eigenvalue weighted by molar-refractivity contribution is 0.0998. The largest absolute Gasteiger partial charge is 0.319 e. The van der Waals surface area contributed by atoms with Gasteiger partial charge in [-0.15, -0.1) is 11.8 Å². The van der Waals surface area contributed by atoms with Gasteiger partial charge in [0.15, 0.2) is 4.80 Å². The van der Waals surface area contributed by atoms with E-state index in [0.29, 0.717) is 10.4 Å². The Balaban J connectivity index is 1.63. The summed E-state index contributed by atoms with van der Waals surface area (Å²) in [6, 6.07) is 12.3. The van der Waals surface area contributed by atoms with Crippen molar-refractivity contribution in [3.05, 3.63) is 52.8 Å². The minimum Gasteiger partial charge on any atom is -0.319 e. The molecule has 0 spiro atoms. The first-order valence-electron chi connectivity index (χ1n) is 9.12. The minimum absolute atomic E-state index is 0.0934. The number of thioether (sulfide) groups is 1. The first-order chi connectivity index (χ1) is 13.8. The molecule has 1 aliphatic carbocycles. The van der Waals surface area contributed by atoms with Gasteiger partial charge in [0.05, 0.1) is 15.1 Å². The third-order valence-electron chi connectivity index (χ3n) is 5.05. The van der Waals surface area contributed by atoms with Crippen LogP contribution in [0.15, 0.2) is 57.2 Å². The quantitative estimate of drug-likeness (QED) is 0.562. The molecule has 2 aromatic carbocycles. The highest BCUT2D eigenvalue weighted by Gasteiger charge is 2.34. The number of carbonyl (C=O) groups is 1. The van der Waals surface area contributed by atoms with Crippen molar-refractivity contribution >= 4 is 49.2 Å². The molecule has 1 aliphatic rings. The van der Waals surface area contributed by atoms with Crippen molar-refractivity contribution in [2.24, 2.45) is 12.0 Å². The van der Waals surface area contributed by atoms with Crippen molar-refractivity contribution in [1.29, 1.82) is 0 Å². The van der Waals surface area contributed by atoms with Crippen molar-refractivity contribution in [3.8, 4) is 0 Å². The van der Waals surface area contributed by atoms with Crippen LogP contribution < -0.4 is 4.80 Å². The summed E-state index contributed by atoms with van der Waals surface area (Å²) < 4.78 is 29.6. The van der Waals surface area contributed by atoms with Gasteiger partial charge in [-0.05, 0) is 61.6 Å². The second-order valence-electron chi connectivity index (χ2n) is 6.97. The lowest BCUT2D eigenvalue weighted by atomic mass is 10.2. The van der Waals surface area contributed by atoms with Gasteiger partial charge in [0.2, 0.25) is 10.0 Å². The number of sulfonamides is 1. The fourth-order valence-corrected chi connectivity index (χ4v) is 6.06. The van der Waals surface area contributed by atoms with E-state index in [1.165, 1.54) is 39.9 Å². The zero-order valence-corrected chi connectivity index (χ0v) is 18.8. The fourth-order valence-electron chi connectivity index (χ4n) is 3.07. The number of rotatable bonds is 5. The Bertz CT molecular complexity index is 1250. The average molecular weight is 448 g/mol. The number of nitrogens with zero attached hydrogens (tertiary/aromatic N) is 3. The molecule has 0 bridgehead atoms. The number of hydrogen-bond acceptors (Lipinski definition) is 5. The molecule has 152 valence electrons. The normalized spacial score (nSPS) is 15.4. The molecule has 0 saturated heterocycles. The topological polar surface area (TPSA) is 71.7 Å². The SMILES string of the molecule is CSc1ccc2c(c1)sc(=NC(=O)c1ccc(S(=O)(=O)N(C)C3CC3)cc1)n2C. The molecular weight excluding hydrogens is 426 g/mol. The van der Waals surface area contributed by atoms with E-state index in [1.54, 1.807) is 18.8 Å². The van der Waals surface area contributed by atoms with Crippen molar-refractivity contribution in [2.75, 3.05) is 13.3 Å². The summed E-state index contributed by atoms with van der Waals surface area (Å²) in [4.78, 5) is 18.9. The molecule has 0 atom stereocenters. The van der Waals surface area contributed by atoms with Gasteiger partial charge in [0.1, 0.15) is 0 Å². The third kappa shape index (κ3) is 3.92. The van der Waals surface area contributed by atoms with Crippen molar-refractivity contribution in [3.63, 3.8) is 0 Å². The molecule has 0 aliphatic heterocycles. The predicted octanol–water partition coefficient (Wildman–Crippen LogP) is 3.49. The molecular formula is C20H21N3O3S3. The smallest absolute Gasteiger partial charge is 0.279 e. The first-order valence-corrected chi connectivity index (χ1v) is 12.6. The summed E-state index contributed by atoms with van der Waals surface area (Å²) in [5.74, 6) is -0.392. The number of aromatic nitrogens is 1. The Morgan fingerprint density at radius 3 is 2.52 bits per heavy atom. The molecule has 0 radical (unpaired) electrons. The monoisotopic (exact) mass is 447 g/mol. The summed E-state index contributed by atoms with van der Waals surface area (Å²) in [6.45, 7) is 0. The molecule has 9 heteroatoms. The molecule has 1 fully saturated rings. The molecule has 1 saturated carbocycles. The van der Waals surface area contributed by atoms with Gasteiger partial charge in [-0.2, -0.15) is 9.30 Å². The second kappa shape index (κ2) is 7.71. The Morgan fingerprint density at radius 2 is 1.90 bits per heavy atom. The molecule has 4 rings (SSSR count). The highest BCUT2D eigenvalue weighted by atomic mass is 32.2. The van der Waals surface area contributed by atoms with E-state index < -0.39 is 15.9 Å². The van der Waals surface area contributed by atoms with Gasteiger partial charge in [-0.1, -0.05) is 11.3 Å². The molecule has 0 unspecified atom stereocenters. The predicted molar refractivity (Wildman–Crippen MR) is 117 cm³/mol. The molecule has 1 amide bonds.